The van der Waals surface area contributed by atoms with Gasteiger partial charge in [0.1, 0.15) is 0 Å². The Morgan fingerprint density at radius 3 is 2.52 bits per heavy atom. The summed E-state index contributed by atoms with van der Waals surface area (Å²) in [4.78, 5) is 26.0. The van der Waals surface area contributed by atoms with Crippen LogP contribution in [-0.2, 0) is 19.4 Å². The van der Waals surface area contributed by atoms with Crippen LogP contribution in [0.5, 0.6) is 0 Å². The highest BCUT2D eigenvalue weighted by Gasteiger charge is 2.37. The molecule has 0 radical (unpaired) electrons. The van der Waals surface area contributed by atoms with Gasteiger partial charge in [0.2, 0.25) is 21.7 Å². The Morgan fingerprint density at radius 2 is 1.83 bits per heavy atom. The third-order valence-corrected chi connectivity index (χ3v) is 6.49. The number of carbonyl (C=O) groups excluding carboxylic acids is 2. The van der Waals surface area contributed by atoms with Crippen LogP contribution < -0.4 is 10.2 Å². The Balaban J connectivity index is 1.82. The van der Waals surface area contributed by atoms with Crippen LogP contribution in [0.25, 0.3) is 0 Å². The predicted molar refractivity (Wildman–Crippen MR) is 105 cm³/mol. The van der Waals surface area contributed by atoms with E-state index in [1.807, 2.05) is 26.0 Å². The first kappa shape index (κ1) is 20.9. The van der Waals surface area contributed by atoms with Crippen molar-refractivity contribution in [3.8, 4) is 0 Å². The fraction of sp³-hybridized carbons (Fsp3) is 0.300. The lowest BCUT2D eigenvalue weighted by Crippen LogP contribution is -2.29. The minimum atomic E-state index is -4.88. The van der Waals surface area contributed by atoms with Gasteiger partial charge < -0.3 is 10.2 Å². The molecule has 3 rings (SSSR count). The predicted octanol–water partition coefficient (Wildman–Crippen LogP) is 3.29. The van der Waals surface area contributed by atoms with Crippen molar-refractivity contribution in [1.29, 1.82) is 0 Å². The van der Waals surface area contributed by atoms with Crippen molar-refractivity contribution in [3.05, 3.63) is 53.6 Å². The van der Waals surface area contributed by atoms with Crippen molar-refractivity contribution in [2.75, 3.05) is 16.8 Å². The molecule has 0 spiro atoms. The molecule has 1 unspecified atom stereocenters. The van der Waals surface area contributed by atoms with Gasteiger partial charge in [-0.1, -0.05) is 24.3 Å². The highest BCUT2D eigenvalue weighted by Crippen LogP contribution is 2.31. The highest BCUT2D eigenvalue weighted by molar-refractivity contribution is 7.91. The van der Waals surface area contributed by atoms with Gasteiger partial charge in [-0.2, -0.15) is 8.78 Å². The summed E-state index contributed by atoms with van der Waals surface area (Å²) in [7, 11) is -4.88. The molecule has 2 aromatic rings. The lowest BCUT2D eigenvalue weighted by Gasteiger charge is -2.20. The van der Waals surface area contributed by atoms with E-state index >= 15 is 0 Å². The summed E-state index contributed by atoms with van der Waals surface area (Å²) in [6, 6.07) is 10.5. The molecule has 2 amide bonds. The Kier molecular flexibility index (Phi) is 5.70. The van der Waals surface area contributed by atoms with Gasteiger partial charge in [-0.05, 0) is 43.2 Å². The van der Waals surface area contributed by atoms with E-state index in [4.69, 9.17) is 0 Å². The maximum atomic E-state index is 12.9. The summed E-state index contributed by atoms with van der Waals surface area (Å²) in [5.41, 5.74) is 2.42. The smallest absolute Gasteiger partial charge is 0.325 e. The summed E-state index contributed by atoms with van der Waals surface area (Å²) in [6.45, 7) is 3.93. The first-order valence-corrected chi connectivity index (χ1v) is 10.5. The Labute approximate surface area is 167 Å². The van der Waals surface area contributed by atoms with Gasteiger partial charge in [-0.25, -0.2) is 8.42 Å². The molecule has 1 heterocycles. The summed E-state index contributed by atoms with van der Waals surface area (Å²) in [6.07, 6.45) is -0.0526. The fourth-order valence-electron chi connectivity index (χ4n) is 3.29. The van der Waals surface area contributed by atoms with Crippen LogP contribution >= 0.6 is 0 Å². The van der Waals surface area contributed by atoms with Gasteiger partial charge in [0, 0.05) is 18.7 Å². The largest absolute Gasteiger partial charge is 0.341 e. The molecule has 1 fully saturated rings. The summed E-state index contributed by atoms with van der Waals surface area (Å²) >= 11 is 0. The van der Waals surface area contributed by atoms with E-state index in [-0.39, 0.29) is 24.6 Å². The second-order valence-electron chi connectivity index (χ2n) is 6.92. The third-order valence-electron chi connectivity index (χ3n) is 5.05. The molecule has 154 valence electrons. The maximum absolute atomic E-state index is 12.9. The molecule has 1 aliphatic rings. The molecular weight excluding hydrogens is 402 g/mol. The van der Waals surface area contributed by atoms with E-state index in [0.29, 0.717) is 5.69 Å². The van der Waals surface area contributed by atoms with E-state index in [2.05, 4.69) is 5.32 Å². The molecule has 0 saturated carbocycles. The second-order valence-corrected chi connectivity index (χ2v) is 8.80. The van der Waals surface area contributed by atoms with Gasteiger partial charge in [0.15, 0.2) is 0 Å². The van der Waals surface area contributed by atoms with Crippen LogP contribution in [0, 0.1) is 19.8 Å². The maximum Gasteiger partial charge on any atom is 0.341 e. The number of nitrogens with one attached hydrogen (secondary N) is 1. The molecular formula is C20H20F2N2O4S. The number of benzene rings is 2. The van der Waals surface area contributed by atoms with Crippen molar-refractivity contribution in [2.45, 2.75) is 30.9 Å². The zero-order valence-electron chi connectivity index (χ0n) is 15.9. The minimum Gasteiger partial charge on any atom is -0.325 e. The molecule has 1 saturated heterocycles. The van der Waals surface area contributed by atoms with E-state index < -0.39 is 32.3 Å². The zero-order chi connectivity index (χ0) is 21.3. The SMILES string of the molecule is Cc1cccc(N2CC(C(=O)Nc3ccccc3S(=O)(=O)C(F)F)CC2=O)c1C. The number of para-hydroxylation sites is 1. The number of rotatable bonds is 5. The first-order chi connectivity index (χ1) is 13.6. The molecule has 6 nitrogen and oxygen atoms in total. The Hall–Kier alpha value is -2.81. The molecule has 0 bridgehead atoms. The lowest BCUT2D eigenvalue weighted by molar-refractivity contribution is -0.122. The Morgan fingerprint density at radius 1 is 1.14 bits per heavy atom. The van der Waals surface area contributed by atoms with Crippen molar-refractivity contribution in [2.24, 2.45) is 5.92 Å². The molecule has 2 aromatic carbocycles. The van der Waals surface area contributed by atoms with Crippen LogP contribution in [0.15, 0.2) is 47.4 Å². The molecule has 1 atom stereocenters. The fourth-order valence-corrected chi connectivity index (χ4v) is 4.18. The number of anilines is 2. The monoisotopic (exact) mass is 422 g/mol. The molecule has 1 aliphatic heterocycles. The van der Waals surface area contributed by atoms with Crippen LogP contribution in [0.3, 0.4) is 0 Å². The number of halogens is 2. The molecule has 0 aromatic heterocycles. The topological polar surface area (TPSA) is 83.6 Å². The standard InChI is InChI=1S/C20H20F2N2O4S/c1-12-6-5-8-16(13(12)2)24-11-14(10-18(24)25)19(26)23-15-7-3-4-9-17(15)29(27,28)20(21)22/h3-9,14,20H,10-11H2,1-2H3,(H,23,26). The summed E-state index contributed by atoms with van der Waals surface area (Å²) < 4.78 is 49.6. The number of carbonyl (C=O) groups is 2. The number of aryl methyl sites for hydroxylation is 1. The molecule has 0 aliphatic carbocycles. The van der Waals surface area contributed by atoms with Gasteiger partial charge >= 0.3 is 5.76 Å². The highest BCUT2D eigenvalue weighted by atomic mass is 32.2. The number of sulfone groups is 1. The van der Waals surface area contributed by atoms with Crippen molar-refractivity contribution in [3.63, 3.8) is 0 Å². The summed E-state index contributed by atoms with van der Waals surface area (Å²) in [5.74, 6) is -5.16. The first-order valence-electron chi connectivity index (χ1n) is 8.91. The molecule has 29 heavy (non-hydrogen) atoms. The van der Waals surface area contributed by atoms with Gasteiger partial charge in [0.05, 0.1) is 16.5 Å². The lowest BCUT2D eigenvalue weighted by atomic mass is 10.1. The quantitative estimate of drug-likeness (QED) is 0.802. The van der Waals surface area contributed by atoms with Crippen LogP contribution in [0.1, 0.15) is 17.5 Å². The second kappa shape index (κ2) is 7.90. The average Bonchev–Trinajstić information content (AvgIpc) is 3.06. The van der Waals surface area contributed by atoms with Crippen molar-refractivity contribution < 1.29 is 26.8 Å². The minimum absolute atomic E-state index is 0.0526. The van der Waals surface area contributed by atoms with Crippen LogP contribution in [-0.4, -0.2) is 32.5 Å². The molecule has 9 heteroatoms. The van der Waals surface area contributed by atoms with Gasteiger partial charge in [-0.3, -0.25) is 9.59 Å². The average molecular weight is 422 g/mol. The number of alkyl halides is 2. The van der Waals surface area contributed by atoms with Gasteiger partial charge in [-0.15, -0.1) is 0 Å². The zero-order valence-corrected chi connectivity index (χ0v) is 16.7. The third kappa shape index (κ3) is 4.00. The van der Waals surface area contributed by atoms with Gasteiger partial charge in [0.25, 0.3) is 0 Å². The van der Waals surface area contributed by atoms with Crippen LogP contribution in [0.2, 0.25) is 0 Å². The number of hydrogen-bond acceptors (Lipinski definition) is 4. The number of amides is 2. The normalized spacial score (nSPS) is 17.1. The summed E-state index contributed by atoms with van der Waals surface area (Å²) in [5, 5.41) is 2.40. The molecule has 1 N–H and O–H groups in total. The van der Waals surface area contributed by atoms with Crippen molar-refractivity contribution >= 4 is 33.0 Å². The van der Waals surface area contributed by atoms with Crippen molar-refractivity contribution in [1.82, 2.24) is 0 Å². The van der Waals surface area contributed by atoms with E-state index in [0.717, 1.165) is 17.2 Å². The Bertz CT molecular complexity index is 1070. The number of nitrogens with zero attached hydrogens (tertiary/aromatic N) is 1. The van der Waals surface area contributed by atoms with Crippen LogP contribution in [0.4, 0.5) is 20.2 Å². The number of hydrogen-bond donors (Lipinski definition) is 1. The van der Waals surface area contributed by atoms with E-state index in [9.17, 15) is 26.8 Å². The van der Waals surface area contributed by atoms with E-state index in [1.165, 1.54) is 23.1 Å². The van der Waals surface area contributed by atoms with E-state index in [1.54, 1.807) is 6.07 Å².